The number of hydrogen-bond donors (Lipinski definition) is 0. The van der Waals surface area contributed by atoms with Crippen molar-refractivity contribution in [3.63, 3.8) is 0 Å². The minimum absolute atomic E-state index is 0.291. The van der Waals surface area contributed by atoms with Gasteiger partial charge in [0.1, 0.15) is 12.1 Å². The third-order valence-electron chi connectivity index (χ3n) is 4.62. The summed E-state index contributed by atoms with van der Waals surface area (Å²) in [6.45, 7) is 1.69. The van der Waals surface area contributed by atoms with Crippen LogP contribution in [-0.2, 0) is 11.3 Å². The molecule has 26 heavy (non-hydrogen) atoms. The van der Waals surface area contributed by atoms with Gasteiger partial charge in [-0.05, 0) is 25.0 Å². The lowest BCUT2D eigenvalue weighted by atomic mass is 10.1. The second-order valence-electron chi connectivity index (χ2n) is 6.79. The highest BCUT2D eigenvalue weighted by Crippen LogP contribution is 2.25. The van der Waals surface area contributed by atoms with Gasteiger partial charge in [-0.15, -0.1) is 0 Å². The zero-order valence-corrected chi connectivity index (χ0v) is 15.2. The normalized spacial score (nSPS) is 16.8. The molecule has 1 aliphatic rings. The first-order valence-corrected chi connectivity index (χ1v) is 8.94. The van der Waals surface area contributed by atoms with Crippen molar-refractivity contribution in [2.75, 3.05) is 25.6 Å². The third kappa shape index (κ3) is 3.60. The van der Waals surface area contributed by atoms with E-state index in [0.717, 1.165) is 54.3 Å². The molecule has 1 saturated heterocycles. The number of benzene rings is 1. The van der Waals surface area contributed by atoms with Crippen LogP contribution in [0.15, 0.2) is 48.9 Å². The van der Waals surface area contributed by atoms with E-state index in [1.165, 1.54) is 0 Å². The molecule has 0 N–H and O–H groups in total. The van der Waals surface area contributed by atoms with Crippen molar-refractivity contribution in [2.24, 2.45) is 0 Å². The molecule has 0 radical (unpaired) electrons. The predicted octanol–water partition coefficient (Wildman–Crippen LogP) is 3.25. The second-order valence-corrected chi connectivity index (χ2v) is 6.79. The van der Waals surface area contributed by atoms with Crippen molar-refractivity contribution in [3.8, 4) is 22.5 Å². The van der Waals surface area contributed by atoms with Crippen molar-refractivity contribution in [2.45, 2.75) is 25.5 Å². The molecular formula is C20H23N5O. The van der Waals surface area contributed by atoms with E-state index in [2.05, 4.69) is 34.2 Å². The van der Waals surface area contributed by atoms with Crippen LogP contribution in [-0.4, -0.2) is 46.6 Å². The Morgan fingerprint density at radius 2 is 1.96 bits per heavy atom. The molecule has 4 rings (SSSR count). The monoisotopic (exact) mass is 349 g/mol. The van der Waals surface area contributed by atoms with E-state index in [0.29, 0.717) is 6.10 Å². The lowest BCUT2D eigenvalue weighted by Crippen LogP contribution is -2.15. The van der Waals surface area contributed by atoms with E-state index in [1.54, 1.807) is 6.33 Å². The van der Waals surface area contributed by atoms with Crippen LogP contribution < -0.4 is 4.90 Å². The maximum Gasteiger partial charge on any atom is 0.132 e. The van der Waals surface area contributed by atoms with Crippen LogP contribution in [0.4, 0.5) is 5.82 Å². The first-order valence-electron chi connectivity index (χ1n) is 8.94. The first-order chi connectivity index (χ1) is 12.7. The molecule has 1 aromatic carbocycles. The molecule has 1 aliphatic heterocycles. The van der Waals surface area contributed by atoms with Gasteiger partial charge in [-0.1, -0.05) is 18.2 Å². The van der Waals surface area contributed by atoms with E-state index in [-0.39, 0.29) is 0 Å². The van der Waals surface area contributed by atoms with Crippen LogP contribution in [0.1, 0.15) is 12.8 Å². The molecule has 3 aromatic rings. The van der Waals surface area contributed by atoms with Gasteiger partial charge >= 0.3 is 0 Å². The number of aromatic nitrogens is 4. The predicted molar refractivity (Wildman–Crippen MR) is 102 cm³/mol. The fourth-order valence-corrected chi connectivity index (χ4v) is 3.20. The maximum absolute atomic E-state index is 5.70. The van der Waals surface area contributed by atoms with Crippen LogP contribution in [0.2, 0.25) is 0 Å². The fraction of sp³-hybridized carbons (Fsp3) is 0.350. The number of anilines is 1. The van der Waals surface area contributed by atoms with Gasteiger partial charge in [-0.25, -0.2) is 9.97 Å². The largest absolute Gasteiger partial charge is 0.376 e. The summed E-state index contributed by atoms with van der Waals surface area (Å²) in [4.78, 5) is 10.7. The van der Waals surface area contributed by atoms with Gasteiger partial charge in [0.05, 0.1) is 24.0 Å². The van der Waals surface area contributed by atoms with Gasteiger partial charge < -0.3 is 9.64 Å². The smallest absolute Gasteiger partial charge is 0.132 e. The van der Waals surface area contributed by atoms with Crippen molar-refractivity contribution in [1.82, 2.24) is 19.7 Å². The lowest BCUT2D eigenvalue weighted by molar-refractivity contribution is 0.0940. The van der Waals surface area contributed by atoms with Gasteiger partial charge in [-0.3, -0.25) is 4.68 Å². The summed E-state index contributed by atoms with van der Waals surface area (Å²) >= 11 is 0. The molecule has 6 heteroatoms. The Kier molecular flexibility index (Phi) is 4.67. The zero-order valence-electron chi connectivity index (χ0n) is 15.2. The molecule has 0 bridgehead atoms. The Morgan fingerprint density at radius 1 is 1.12 bits per heavy atom. The van der Waals surface area contributed by atoms with Crippen LogP contribution in [0.3, 0.4) is 0 Å². The summed E-state index contributed by atoms with van der Waals surface area (Å²) < 4.78 is 7.68. The summed E-state index contributed by atoms with van der Waals surface area (Å²) in [7, 11) is 3.95. The van der Waals surface area contributed by atoms with Crippen LogP contribution in [0.25, 0.3) is 22.5 Å². The highest BCUT2D eigenvalue weighted by atomic mass is 16.5. The summed E-state index contributed by atoms with van der Waals surface area (Å²) in [6.07, 6.45) is 6.19. The van der Waals surface area contributed by atoms with Gasteiger partial charge in [0.15, 0.2) is 0 Å². The minimum Gasteiger partial charge on any atom is -0.376 e. The van der Waals surface area contributed by atoms with Crippen LogP contribution in [0, 0.1) is 0 Å². The third-order valence-corrected chi connectivity index (χ3v) is 4.62. The number of nitrogens with zero attached hydrogens (tertiary/aromatic N) is 5. The quantitative estimate of drug-likeness (QED) is 0.708. The molecule has 0 saturated carbocycles. The number of ether oxygens (including phenoxy) is 1. The molecule has 6 nitrogen and oxygen atoms in total. The van der Waals surface area contributed by atoms with Crippen molar-refractivity contribution in [1.29, 1.82) is 0 Å². The number of hydrogen-bond acceptors (Lipinski definition) is 5. The highest BCUT2D eigenvalue weighted by molar-refractivity contribution is 5.70. The molecule has 0 amide bonds. The minimum atomic E-state index is 0.291. The summed E-state index contributed by atoms with van der Waals surface area (Å²) in [6, 6.07) is 12.4. The van der Waals surface area contributed by atoms with E-state index in [1.807, 2.05) is 42.0 Å². The molecule has 2 aromatic heterocycles. The van der Waals surface area contributed by atoms with E-state index in [9.17, 15) is 0 Å². The molecule has 1 fully saturated rings. The molecule has 1 unspecified atom stereocenters. The lowest BCUT2D eigenvalue weighted by Gasteiger charge is -2.12. The molecule has 0 aliphatic carbocycles. The van der Waals surface area contributed by atoms with Crippen molar-refractivity contribution in [3.05, 3.63) is 48.9 Å². The van der Waals surface area contributed by atoms with Gasteiger partial charge in [0.25, 0.3) is 0 Å². The zero-order chi connectivity index (χ0) is 17.9. The molecule has 1 atom stereocenters. The Balaban J connectivity index is 1.58. The average molecular weight is 349 g/mol. The molecular weight excluding hydrogens is 326 g/mol. The van der Waals surface area contributed by atoms with Gasteiger partial charge in [-0.2, -0.15) is 5.10 Å². The molecule has 3 heterocycles. The summed E-state index contributed by atoms with van der Waals surface area (Å²) in [5.41, 5.74) is 4.01. The summed E-state index contributed by atoms with van der Waals surface area (Å²) in [5.74, 6) is 0.890. The Hall–Kier alpha value is -2.73. The maximum atomic E-state index is 5.70. The first kappa shape index (κ1) is 16.7. The van der Waals surface area contributed by atoms with Crippen LogP contribution in [0.5, 0.6) is 0 Å². The van der Waals surface area contributed by atoms with E-state index < -0.39 is 0 Å². The highest BCUT2D eigenvalue weighted by Gasteiger charge is 2.16. The molecule has 134 valence electrons. The average Bonchev–Trinajstić information content (AvgIpc) is 3.34. The van der Waals surface area contributed by atoms with Crippen LogP contribution >= 0.6 is 0 Å². The second kappa shape index (κ2) is 7.25. The van der Waals surface area contributed by atoms with E-state index >= 15 is 0 Å². The standard InChI is InChI=1S/C20H23N5O/c1-24(2)20-12-19(21-14-22-20)16-6-3-5-15(11-16)18-8-9-25(23-18)13-17-7-4-10-26-17/h3,5-6,8-9,11-12,14,17H,4,7,10,13H2,1-2H3. The topological polar surface area (TPSA) is 56.1 Å². The van der Waals surface area contributed by atoms with Crippen molar-refractivity contribution < 1.29 is 4.74 Å². The Bertz CT molecular complexity index is 883. The van der Waals surface area contributed by atoms with Gasteiger partial charge in [0.2, 0.25) is 0 Å². The summed E-state index contributed by atoms with van der Waals surface area (Å²) in [5, 5.41) is 4.72. The number of rotatable bonds is 5. The Morgan fingerprint density at radius 3 is 2.73 bits per heavy atom. The van der Waals surface area contributed by atoms with Crippen molar-refractivity contribution >= 4 is 5.82 Å². The van der Waals surface area contributed by atoms with E-state index in [4.69, 9.17) is 9.84 Å². The van der Waals surface area contributed by atoms with Gasteiger partial charge in [0, 0.05) is 44.1 Å². The molecule has 0 spiro atoms. The fourth-order valence-electron chi connectivity index (χ4n) is 3.20. The Labute approximate surface area is 153 Å². The SMILES string of the molecule is CN(C)c1cc(-c2cccc(-c3ccn(CC4CCCO4)n3)c2)ncn1.